The highest BCUT2D eigenvalue weighted by molar-refractivity contribution is 5.97. The van der Waals surface area contributed by atoms with Gasteiger partial charge in [0.25, 0.3) is 0 Å². The van der Waals surface area contributed by atoms with Crippen molar-refractivity contribution in [2.24, 2.45) is 7.05 Å². The third-order valence-corrected chi connectivity index (χ3v) is 5.01. The van der Waals surface area contributed by atoms with Crippen LogP contribution in [0.5, 0.6) is 0 Å². The number of carbonyl (C=O) groups excluding carboxylic acids is 1. The molecule has 2 fully saturated rings. The Kier molecular flexibility index (Phi) is 4.33. The van der Waals surface area contributed by atoms with Crippen molar-refractivity contribution in [1.29, 1.82) is 0 Å². The van der Waals surface area contributed by atoms with E-state index in [4.69, 9.17) is 0 Å². The average Bonchev–Trinajstić information content (AvgIpc) is 2.94. The summed E-state index contributed by atoms with van der Waals surface area (Å²) in [7, 11) is 1.76. The van der Waals surface area contributed by atoms with Gasteiger partial charge in [0.2, 0.25) is 5.91 Å². The predicted molar refractivity (Wildman–Crippen MR) is 80.4 cm³/mol. The van der Waals surface area contributed by atoms with Gasteiger partial charge >= 0.3 is 6.18 Å². The second-order valence-corrected chi connectivity index (χ2v) is 6.59. The number of aryl methyl sites for hydroxylation is 1. The van der Waals surface area contributed by atoms with Gasteiger partial charge in [-0.3, -0.25) is 14.4 Å². The molecule has 1 atom stereocenters. The molecule has 1 aromatic heterocycles. The fourth-order valence-electron chi connectivity index (χ4n) is 3.49. The van der Waals surface area contributed by atoms with Crippen LogP contribution in [0.1, 0.15) is 25.7 Å². The van der Waals surface area contributed by atoms with Crippen molar-refractivity contribution in [2.45, 2.75) is 43.5 Å². The molecule has 0 spiro atoms. The molecule has 1 unspecified atom stereocenters. The number of hydrogen-bond donors (Lipinski definition) is 1. The molecular weight excluding hydrogens is 325 g/mol. The number of hydrogen-bond acceptors (Lipinski definition) is 4. The van der Waals surface area contributed by atoms with E-state index in [2.05, 4.69) is 5.10 Å². The maximum absolute atomic E-state index is 12.9. The SMILES string of the molecule is Cn1cc(N2CCCC(N3CCC(O)(C(F)(F)F)CC3)C2=O)cn1. The molecule has 0 aromatic carbocycles. The summed E-state index contributed by atoms with van der Waals surface area (Å²) in [4.78, 5) is 16.2. The molecule has 0 radical (unpaired) electrons. The van der Waals surface area contributed by atoms with Crippen LogP contribution in [0.3, 0.4) is 0 Å². The van der Waals surface area contributed by atoms with E-state index in [0.29, 0.717) is 18.7 Å². The predicted octanol–water partition coefficient (Wildman–Crippen LogP) is 1.30. The topological polar surface area (TPSA) is 61.6 Å². The van der Waals surface area contributed by atoms with Gasteiger partial charge in [0.05, 0.1) is 17.9 Å². The summed E-state index contributed by atoms with van der Waals surface area (Å²) in [6.07, 6.45) is -0.652. The molecule has 2 aliphatic rings. The monoisotopic (exact) mass is 346 g/mol. The van der Waals surface area contributed by atoms with Crippen LogP contribution in [0, 0.1) is 0 Å². The van der Waals surface area contributed by atoms with E-state index in [9.17, 15) is 23.1 Å². The Bertz CT molecular complexity index is 608. The lowest BCUT2D eigenvalue weighted by molar-refractivity contribution is -0.273. The number of carbonyl (C=O) groups is 1. The van der Waals surface area contributed by atoms with Crippen LogP contribution in [-0.2, 0) is 11.8 Å². The van der Waals surface area contributed by atoms with Gasteiger partial charge < -0.3 is 10.0 Å². The van der Waals surface area contributed by atoms with Gasteiger partial charge in [-0.1, -0.05) is 0 Å². The molecule has 0 bridgehead atoms. The third kappa shape index (κ3) is 3.02. The average molecular weight is 346 g/mol. The second kappa shape index (κ2) is 6.03. The Morgan fingerprint density at radius 3 is 2.50 bits per heavy atom. The smallest absolute Gasteiger partial charge is 0.380 e. The lowest BCUT2D eigenvalue weighted by Gasteiger charge is -2.44. The van der Waals surface area contributed by atoms with E-state index in [1.165, 1.54) is 0 Å². The number of nitrogens with zero attached hydrogens (tertiary/aromatic N) is 4. The van der Waals surface area contributed by atoms with Crippen molar-refractivity contribution >= 4 is 11.6 Å². The van der Waals surface area contributed by atoms with Crippen molar-refractivity contribution in [3.63, 3.8) is 0 Å². The first-order valence-electron chi connectivity index (χ1n) is 8.04. The molecule has 1 aromatic rings. The van der Waals surface area contributed by atoms with Crippen LogP contribution < -0.4 is 4.90 Å². The standard InChI is InChI=1S/C15H21F3N4O2/c1-20-10-11(9-19-20)22-6-2-3-12(13(22)23)21-7-4-14(24,5-8-21)15(16,17)18/h9-10,12,24H,2-8H2,1H3. The fraction of sp³-hybridized carbons (Fsp3) is 0.733. The molecule has 0 saturated carbocycles. The summed E-state index contributed by atoms with van der Waals surface area (Å²) >= 11 is 0. The number of halogens is 3. The van der Waals surface area contributed by atoms with E-state index in [0.717, 1.165) is 6.42 Å². The number of piperidine rings is 2. The van der Waals surface area contributed by atoms with E-state index >= 15 is 0 Å². The van der Waals surface area contributed by atoms with E-state index in [-0.39, 0.29) is 19.0 Å². The first-order valence-corrected chi connectivity index (χ1v) is 8.04. The van der Waals surface area contributed by atoms with Crippen LogP contribution in [-0.4, -0.2) is 63.1 Å². The summed E-state index contributed by atoms with van der Waals surface area (Å²) in [6, 6.07) is -0.434. The van der Waals surface area contributed by atoms with E-state index in [1.54, 1.807) is 33.9 Å². The van der Waals surface area contributed by atoms with Gasteiger partial charge in [0, 0.05) is 32.9 Å². The van der Waals surface area contributed by atoms with Crippen molar-refractivity contribution in [3.8, 4) is 0 Å². The second-order valence-electron chi connectivity index (χ2n) is 6.59. The summed E-state index contributed by atoms with van der Waals surface area (Å²) < 4.78 is 40.3. The molecule has 1 N–H and O–H groups in total. The minimum atomic E-state index is -4.63. The van der Waals surface area contributed by atoms with Crippen LogP contribution in [0.2, 0.25) is 0 Å². The molecule has 0 aliphatic carbocycles. The Morgan fingerprint density at radius 1 is 1.29 bits per heavy atom. The number of rotatable bonds is 2. The summed E-state index contributed by atoms with van der Waals surface area (Å²) in [5.41, 5.74) is -1.93. The maximum Gasteiger partial charge on any atom is 0.417 e. The number of anilines is 1. The highest BCUT2D eigenvalue weighted by Gasteiger charge is 2.55. The Labute approximate surface area is 137 Å². The normalized spacial score (nSPS) is 26.0. The third-order valence-electron chi connectivity index (χ3n) is 5.01. The summed E-state index contributed by atoms with van der Waals surface area (Å²) in [5.74, 6) is -0.105. The Balaban J connectivity index is 1.68. The molecule has 1 amide bonds. The summed E-state index contributed by atoms with van der Waals surface area (Å²) in [5, 5.41) is 13.8. The zero-order valence-electron chi connectivity index (χ0n) is 13.5. The minimum Gasteiger partial charge on any atom is -0.380 e. The van der Waals surface area contributed by atoms with Crippen molar-refractivity contribution in [2.75, 3.05) is 24.5 Å². The molecule has 134 valence electrons. The van der Waals surface area contributed by atoms with Crippen molar-refractivity contribution in [1.82, 2.24) is 14.7 Å². The molecule has 2 aliphatic heterocycles. The highest BCUT2D eigenvalue weighted by Crippen LogP contribution is 2.39. The number of likely N-dealkylation sites (tertiary alicyclic amines) is 1. The van der Waals surface area contributed by atoms with E-state index < -0.39 is 30.7 Å². The quantitative estimate of drug-likeness (QED) is 0.877. The maximum atomic E-state index is 12.9. The lowest BCUT2D eigenvalue weighted by atomic mass is 9.89. The molecular formula is C15H21F3N4O2. The van der Waals surface area contributed by atoms with Gasteiger partial charge in [-0.25, -0.2) is 0 Å². The first-order chi connectivity index (χ1) is 11.2. The highest BCUT2D eigenvalue weighted by atomic mass is 19.4. The van der Waals surface area contributed by atoms with Gasteiger partial charge in [-0.2, -0.15) is 18.3 Å². The number of aliphatic hydroxyl groups is 1. The van der Waals surface area contributed by atoms with Gasteiger partial charge in [0.1, 0.15) is 0 Å². The Morgan fingerprint density at radius 2 is 1.96 bits per heavy atom. The van der Waals surface area contributed by atoms with Crippen LogP contribution >= 0.6 is 0 Å². The molecule has 24 heavy (non-hydrogen) atoms. The van der Waals surface area contributed by atoms with Crippen LogP contribution in [0.4, 0.5) is 18.9 Å². The first kappa shape index (κ1) is 17.2. The van der Waals surface area contributed by atoms with Gasteiger partial charge in [-0.15, -0.1) is 0 Å². The number of aromatic nitrogens is 2. The number of amides is 1. The fourth-order valence-corrected chi connectivity index (χ4v) is 3.49. The zero-order chi connectivity index (χ0) is 17.5. The van der Waals surface area contributed by atoms with Crippen molar-refractivity contribution < 1.29 is 23.1 Å². The van der Waals surface area contributed by atoms with Gasteiger partial charge in [0.15, 0.2) is 5.60 Å². The lowest BCUT2D eigenvalue weighted by Crippen LogP contribution is -2.59. The van der Waals surface area contributed by atoms with Crippen molar-refractivity contribution in [3.05, 3.63) is 12.4 Å². The van der Waals surface area contributed by atoms with Crippen LogP contribution in [0.25, 0.3) is 0 Å². The molecule has 9 heteroatoms. The zero-order valence-corrected chi connectivity index (χ0v) is 13.5. The van der Waals surface area contributed by atoms with Crippen LogP contribution in [0.15, 0.2) is 12.4 Å². The molecule has 3 heterocycles. The number of alkyl halides is 3. The molecule has 6 nitrogen and oxygen atoms in total. The summed E-state index contributed by atoms with van der Waals surface area (Å²) in [6.45, 7) is 0.710. The van der Waals surface area contributed by atoms with E-state index in [1.807, 2.05) is 0 Å². The largest absolute Gasteiger partial charge is 0.417 e. The molecule has 3 rings (SSSR count). The minimum absolute atomic E-state index is 0.0628. The Hall–Kier alpha value is -1.61. The van der Waals surface area contributed by atoms with Gasteiger partial charge in [-0.05, 0) is 25.7 Å². The molecule has 2 saturated heterocycles.